The summed E-state index contributed by atoms with van der Waals surface area (Å²) >= 11 is 2.66. The number of nitrogens with zero attached hydrogens (tertiary/aromatic N) is 3. The molecule has 0 amide bonds. The summed E-state index contributed by atoms with van der Waals surface area (Å²) in [6, 6.07) is 28.3. The molecule has 3 heterocycles. The summed E-state index contributed by atoms with van der Waals surface area (Å²) in [7, 11) is 1.65. The molecule has 1 saturated carbocycles. The van der Waals surface area contributed by atoms with Crippen molar-refractivity contribution >= 4 is 45.4 Å². The molecule has 0 bridgehead atoms. The number of carbonyl (C=O) groups is 1. The average Bonchev–Trinajstić information content (AvgIpc) is 3.71. The summed E-state index contributed by atoms with van der Waals surface area (Å²) in [6.07, 6.45) is 2.83. The summed E-state index contributed by atoms with van der Waals surface area (Å²) < 4.78 is 19.8. The lowest BCUT2D eigenvalue weighted by molar-refractivity contribution is -0.154. The first kappa shape index (κ1) is 29.5. The molecule has 1 saturated heterocycles. The van der Waals surface area contributed by atoms with Gasteiger partial charge in [0.25, 0.3) is 0 Å². The topological polar surface area (TPSA) is 105 Å². The van der Waals surface area contributed by atoms with Crippen LogP contribution in [0.25, 0.3) is 10.3 Å². The predicted molar refractivity (Wildman–Crippen MR) is 176 cm³/mol. The van der Waals surface area contributed by atoms with Gasteiger partial charge in [-0.05, 0) is 47.6 Å². The van der Waals surface area contributed by atoms with Gasteiger partial charge in [-0.15, -0.1) is 11.8 Å². The van der Waals surface area contributed by atoms with E-state index in [4.69, 9.17) is 24.2 Å². The Labute approximate surface area is 268 Å². The van der Waals surface area contributed by atoms with Crippen molar-refractivity contribution in [1.29, 1.82) is 0 Å². The lowest BCUT2D eigenvalue weighted by Crippen LogP contribution is -2.38. The zero-order valence-corrected chi connectivity index (χ0v) is 26.4. The fourth-order valence-electron chi connectivity index (χ4n) is 5.96. The van der Waals surface area contributed by atoms with E-state index >= 15 is 0 Å². The highest BCUT2D eigenvalue weighted by Crippen LogP contribution is 2.45. The van der Waals surface area contributed by atoms with E-state index in [0.717, 1.165) is 46.6 Å². The fourth-order valence-corrected chi connectivity index (χ4v) is 8.05. The molecule has 1 aliphatic heterocycles. The normalized spacial score (nSPS) is 18.9. The van der Waals surface area contributed by atoms with Gasteiger partial charge in [-0.25, -0.2) is 4.98 Å². The van der Waals surface area contributed by atoms with Crippen molar-refractivity contribution in [2.24, 2.45) is 5.92 Å². The number of rotatable bonds is 10. The Hall–Kier alpha value is -4.19. The Morgan fingerprint density at radius 1 is 1.00 bits per heavy atom. The second kappa shape index (κ2) is 12.3. The number of esters is 1. The number of thioether (sulfide) groups is 1. The molecule has 1 aliphatic carbocycles. The van der Waals surface area contributed by atoms with Crippen LogP contribution >= 0.6 is 23.1 Å². The highest BCUT2D eigenvalue weighted by Gasteiger charge is 2.45. The van der Waals surface area contributed by atoms with Gasteiger partial charge in [-0.1, -0.05) is 84.1 Å². The Morgan fingerprint density at radius 3 is 2.24 bits per heavy atom. The first-order chi connectivity index (χ1) is 22.0. The van der Waals surface area contributed by atoms with Gasteiger partial charge in [0.1, 0.15) is 29.1 Å². The molecular weight excluding hydrogens is 609 g/mol. The number of nitrogens with one attached hydrogen (secondary N) is 1. The van der Waals surface area contributed by atoms with Crippen LogP contribution in [-0.2, 0) is 19.8 Å². The highest BCUT2D eigenvalue weighted by atomic mass is 32.2. The Morgan fingerprint density at radius 2 is 1.64 bits per heavy atom. The number of anilines is 1. The van der Waals surface area contributed by atoms with E-state index in [-0.39, 0.29) is 22.4 Å². The van der Waals surface area contributed by atoms with E-state index in [2.05, 4.69) is 29.6 Å². The number of ether oxygens (including phenoxy) is 3. The second-order valence-corrected chi connectivity index (χ2v) is 13.3. The third-order valence-corrected chi connectivity index (χ3v) is 10.3. The molecule has 2 fully saturated rings. The van der Waals surface area contributed by atoms with E-state index in [1.807, 2.05) is 60.7 Å². The van der Waals surface area contributed by atoms with Gasteiger partial charge in [-0.3, -0.25) is 14.2 Å². The lowest BCUT2D eigenvalue weighted by Gasteiger charge is -2.37. The highest BCUT2D eigenvalue weighted by molar-refractivity contribution is 8.00. The number of hydrogen-bond acceptors (Lipinski definition) is 10. The molecule has 11 heteroatoms. The lowest BCUT2D eigenvalue weighted by atomic mass is 9.77. The minimum atomic E-state index is -0.879. The van der Waals surface area contributed by atoms with Crippen molar-refractivity contribution in [3.8, 4) is 5.75 Å². The molecule has 7 rings (SSSR count). The molecule has 45 heavy (non-hydrogen) atoms. The predicted octanol–water partition coefficient (Wildman–Crippen LogP) is 6.20. The largest absolute Gasteiger partial charge is 0.497 e. The SMILES string of the molecule is COc1ccc(C(Nc2ncc3sc(=O)n([C@H]4CS[C@@H](C(OC(C)=O)C5CC5)O4)c3n2)(c2ccccc2)c2ccccc2)cc1. The molecule has 1 unspecified atom stereocenters. The quantitative estimate of drug-likeness (QED) is 0.141. The van der Waals surface area contributed by atoms with Gasteiger partial charge in [0, 0.05) is 12.7 Å². The number of aromatic nitrogens is 3. The molecular formula is C34H32N4O5S2. The number of fused-ring (bicyclic) bond motifs is 1. The number of hydrogen-bond donors (Lipinski definition) is 1. The first-order valence-electron chi connectivity index (χ1n) is 14.8. The zero-order valence-electron chi connectivity index (χ0n) is 24.8. The molecule has 0 spiro atoms. The van der Waals surface area contributed by atoms with Crippen molar-refractivity contribution in [1.82, 2.24) is 14.5 Å². The van der Waals surface area contributed by atoms with Crippen LogP contribution in [0.5, 0.6) is 5.75 Å². The van der Waals surface area contributed by atoms with Crippen molar-refractivity contribution in [3.05, 3.63) is 117 Å². The van der Waals surface area contributed by atoms with E-state index in [1.54, 1.807) is 29.6 Å². The van der Waals surface area contributed by atoms with Crippen LogP contribution in [0.15, 0.2) is 95.9 Å². The Bertz CT molecular complexity index is 1820. The summed E-state index contributed by atoms with van der Waals surface area (Å²) in [4.78, 5) is 34.6. The minimum absolute atomic E-state index is 0.175. The van der Waals surface area contributed by atoms with E-state index < -0.39 is 11.8 Å². The average molecular weight is 641 g/mol. The van der Waals surface area contributed by atoms with Gasteiger partial charge in [-0.2, -0.15) is 4.98 Å². The van der Waals surface area contributed by atoms with Gasteiger partial charge in [0.15, 0.2) is 5.65 Å². The smallest absolute Gasteiger partial charge is 0.311 e. The van der Waals surface area contributed by atoms with Crippen molar-refractivity contribution < 1.29 is 19.0 Å². The zero-order chi connectivity index (χ0) is 31.0. The fraction of sp³-hybridized carbons (Fsp3) is 0.294. The van der Waals surface area contributed by atoms with Crippen molar-refractivity contribution in [2.45, 2.75) is 43.1 Å². The van der Waals surface area contributed by atoms with Crippen LogP contribution < -0.4 is 14.9 Å². The molecule has 230 valence electrons. The van der Waals surface area contributed by atoms with E-state index in [9.17, 15) is 9.59 Å². The number of carbonyl (C=O) groups excluding carboxylic acids is 1. The number of methoxy groups -OCH3 is 1. The van der Waals surface area contributed by atoms with Gasteiger partial charge in [0.05, 0.1) is 18.0 Å². The summed E-state index contributed by atoms with van der Waals surface area (Å²) in [6.45, 7) is 1.42. The van der Waals surface area contributed by atoms with Gasteiger partial charge < -0.3 is 19.5 Å². The van der Waals surface area contributed by atoms with Gasteiger partial charge >= 0.3 is 10.8 Å². The summed E-state index contributed by atoms with van der Waals surface area (Å²) in [5.74, 6) is 1.62. The Balaban J connectivity index is 1.30. The van der Waals surface area contributed by atoms with Crippen LogP contribution in [0.2, 0.25) is 0 Å². The number of benzene rings is 3. The molecule has 5 aromatic rings. The molecule has 0 radical (unpaired) electrons. The van der Waals surface area contributed by atoms with Crippen molar-refractivity contribution in [2.75, 3.05) is 18.2 Å². The van der Waals surface area contributed by atoms with Crippen LogP contribution in [0, 0.1) is 5.92 Å². The standard InChI is InChI=1S/C34H32N4O5S2/c1-21(39)42-29(22-13-14-22)31-43-28(20-44-31)38-30-27(45-33(38)40)19-35-32(36-30)37-34(23-9-5-3-6-10-23,24-11-7-4-8-12-24)25-15-17-26(41-2)18-16-25/h3-12,15-19,22,28-29,31H,13-14,20H2,1-2H3,(H,35,36,37)/t28-,29?,31+/m1/s1. The molecule has 3 aromatic carbocycles. The molecule has 2 aromatic heterocycles. The van der Waals surface area contributed by atoms with Crippen molar-refractivity contribution in [3.63, 3.8) is 0 Å². The second-order valence-electron chi connectivity index (χ2n) is 11.2. The maximum atomic E-state index is 13.4. The Kier molecular flexibility index (Phi) is 8.07. The van der Waals surface area contributed by atoms with Crippen LogP contribution in [0.4, 0.5) is 5.95 Å². The van der Waals surface area contributed by atoms with E-state index in [1.165, 1.54) is 6.92 Å². The van der Waals surface area contributed by atoms with E-state index in [0.29, 0.717) is 28.0 Å². The van der Waals surface area contributed by atoms with Crippen LogP contribution in [0.1, 0.15) is 42.7 Å². The molecule has 2 aliphatic rings. The summed E-state index contributed by atoms with van der Waals surface area (Å²) in [5, 5.41) is 3.69. The van der Waals surface area contributed by atoms with Gasteiger partial charge in [0.2, 0.25) is 5.95 Å². The minimum Gasteiger partial charge on any atom is -0.497 e. The van der Waals surface area contributed by atoms with Crippen LogP contribution in [-0.4, -0.2) is 44.9 Å². The maximum absolute atomic E-state index is 13.4. The molecule has 1 N–H and O–H groups in total. The molecule has 9 nitrogen and oxygen atoms in total. The monoisotopic (exact) mass is 640 g/mol. The third kappa shape index (κ3) is 5.71. The molecule has 3 atom stereocenters. The first-order valence-corrected chi connectivity index (χ1v) is 16.7. The third-order valence-electron chi connectivity index (χ3n) is 8.23. The van der Waals surface area contributed by atoms with Crippen LogP contribution in [0.3, 0.4) is 0 Å². The maximum Gasteiger partial charge on any atom is 0.311 e. The summed E-state index contributed by atoms with van der Waals surface area (Å²) in [5.41, 5.74) is 2.21. The number of thiazole rings is 1.